The molecule has 1 N–H and O–H groups in total. The third kappa shape index (κ3) is 5.12. The number of esters is 1. The molecule has 1 aliphatic carbocycles. The number of hydrogen-bond acceptors (Lipinski definition) is 4. The van der Waals surface area contributed by atoms with E-state index in [1.807, 2.05) is 32.1 Å². The first-order chi connectivity index (χ1) is 21.0. The third-order valence-corrected chi connectivity index (χ3v) is 9.82. The van der Waals surface area contributed by atoms with E-state index in [1.165, 1.54) is 7.11 Å². The van der Waals surface area contributed by atoms with Gasteiger partial charge < -0.3 is 30.1 Å². The van der Waals surface area contributed by atoms with Crippen LogP contribution in [0.4, 0.5) is 0 Å². The first-order valence-electron chi connectivity index (χ1n) is 15.1. The maximum Gasteiger partial charge on any atom is 2.00 e. The fourth-order valence-corrected chi connectivity index (χ4v) is 7.31. The third-order valence-electron chi connectivity index (χ3n) is 9.82. The van der Waals surface area contributed by atoms with E-state index in [0.29, 0.717) is 46.6 Å². The van der Waals surface area contributed by atoms with E-state index in [1.54, 1.807) is 0 Å². The fraction of sp³-hybridized carbons (Fsp3) is 0.400. The molecule has 3 aromatic rings. The van der Waals surface area contributed by atoms with Crippen molar-refractivity contribution in [1.29, 1.82) is 0 Å². The van der Waals surface area contributed by atoms with Gasteiger partial charge in [-0.3, -0.25) is 14.4 Å². The molecule has 0 aromatic carbocycles. The van der Waals surface area contributed by atoms with Gasteiger partial charge in [-0.25, -0.2) is 0 Å². The number of methoxy groups -OCH3 is 1. The van der Waals surface area contributed by atoms with Crippen LogP contribution in [0.1, 0.15) is 87.6 Å². The summed E-state index contributed by atoms with van der Waals surface area (Å²) in [6.45, 7) is 14.1. The molecule has 45 heavy (non-hydrogen) atoms. The zero-order valence-electron chi connectivity index (χ0n) is 26.7. The van der Waals surface area contributed by atoms with E-state index in [2.05, 4.69) is 27.4 Å². The van der Waals surface area contributed by atoms with Crippen LogP contribution in [0, 0.1) is 38.5 Å². The van der Waals surface area contributed by atoms with Crippen LogP contribution in [-0.4, -0.2) is 59.0 Å². The molecule has 4 atom stereocenters. The minimum atomic E-state index is -1.20. The summed E-state index contributed by atoms with van der Waals surface area (Å²) in [6, 6.07) is -0.250. The molecule has 0 amide bonds. The molecule has 9 nitrogen and oxygen atoms in total. The molecule has 1 fully saturated rings. The number of aromatic nitrogens is 3. The predicted octanol–water partition coefficient (Wildman–Crippen LogP) is 3.09. The van der Waals surface area contributed by atoms with Crippen molar-refractivity contribution in [1.82, 2.24) is 15.0 Å². The zero-order chi connectivity index (χ0) is 31.6. The van der Waals surface area contributed by atoms with Crippen molar-refractivity contribution >= 4 is 64.6 Å². The maximum atomic E-state index is 14.0. The average molecular weight is 617 g/mol. The largest absolute Gasteiger partial charge is 2.00 e. The van der Waals surface area contributed by atoms with Gasteiger partial charge in [-0.1, -0.05) is 78.8 Å². The predicted molar refractivity (Wildman–Crippen MR) is 172 cm³/mol. The molecule has 1 saturated heterocycles. The van der Waals surface area contributed by atoms with E-state index in [4.69, 9.17) is 25.0 Å². The number of Topliss-reactive ketones (excluding diaryl/α,β-unsaturated/α-hetero) is 1. The monoisotopic (exact) mass is 616 g/mol. The van der Waals surface area contributed by atoms with Crippen LogP contribution < -0.4 is 25.7 Å². The number of hydrogen-bond donors (Lipinski definition) is 1. The molecule has 3 aliphatic rings. The molecule has 1 unspecified atom stereocenters. The second-order valence-electron chi connectivity index (χ2n) is 12.1. The number of carboxylic acid groups (broad SMARTS) is 1. The van der Waals surface area contributed by atoms with Gasteiger partial charge in [0.2, 0.25) is 0 Å². The van der Waals surface area contributed by atoms with Crippen molar-refractivity contribution in [3.8, 4) is 0 Å². The number of carbonyl (C=O) groups is 3. The number of carbonyl (C=O) groups excluding carboxylic acids is 2. The smallest absolute Gasteiger partial charge is 0.684 e. The minimum absolute atomic E-state index is 0. The van der Waals surface area contributed by atoms with Crippen molar-refractivity contribution < 1.29 is 24.2 Å². The van der Waals surface area contributed by atoms with Crippen LogP contribution in [0.25, 0.3) is 29.1 Å². The normalized spacial score (nSPS) is 24.6. The van der Waals surface area contributed by atoms with Crippen LogP contribution in [0.2, 0.25) is 0 Å². The van der Waals surface area contributed by atoms with Crippen molar-refractivity contribution in [2.45, 2.75) is 66.3 Å². The number of allylic oxidation sites excluding steroid dienone is 1. The maximum absolute atomic E-state index is 14.0. The van der Waals surface area contributed by atoms with Crippen molar-refractivity contribution in [2.24, 2.45) is 17.8 Å². The van der Waals surface area contributed by atoms with Crippen LogP contribution in [0.3, 0.4) is 0 Å². The summed E-state index contributed by atoms with van der Waals surface area (Å²) in [7, 11) is 1.26. The molecule has 0 spiro atoms. The Morgan fingerprint density at radius 1 is 1.07 bits per heavy atom. The Hall–Kier alpha value is -3.76. The molecule has 8 bridgehead atoms. The van der Waals surface area contributed by atoms with E-state index >= 15 is 0 Å². The summed E-state index contributed by atoms with van der Waals surface area (Å²) < 4.78 is 5.13. The van der Waals surface area contributed by atoms with E-state index in [-0.39, 0.29) is 53.1 Å². The van der Waals surface area contributed by atoms with Gasteiger partial charge in [0.05, 0.1) is 7.11 Å². The van der Waals surface area contributed by atoms with Crippen LogP contribution >= 0.6 is 0 Å². The Morgan fingerprint density at radius 2 is 1.78 bits per heavy atom. The molecular weight excluding hydrogens is 581 g/mol. The molecule has 3 aromatic heterocycles. The van der Waals surface area contributed by atoms with Gasteiger partial charge in [0.25, 0.3) is 0 Å². The number of ketones is 1. The van der Waals surface area contributed by atoms with Crippen LogP contribution in [-0.2, 0) is 27.2 Å². The Morgan fingerprint density at radius 3 is 2.42 bits per heavy atom. The van der Waals surface area contributed by atoms with Crippen LogP contribution in [0.5, 0.6) is 0 Å². The van der Waals surface area contributed by atoms with Crippen molar-refractivity contribution in [3.05, 3.63) is 84.4 Å². The first-order valence-corrected chi connectivity index (χ1v) is 15.1. The molecule has 0 radical (unpaired) electrons. The van der Waals surface area contributed by atoms with Gasteiger partial charge in [0.15, 0.2) is 5.78 Å². The number of ether oxygens (including phenoxy) is 1. The summed E-state index contributed by atoms with van der Waals surface area (Å²) in [6.07, 6.45) is 7.26. The molecule has 2 aliphatic heterocycles. The number of nitrogens with zero attached hydrogens (tertiary/aromatic N) is 4. The number of carboxylic acids is 1. The van der Waals surface area contributed by atoms with Crippen molar-refractivity contribution in [2.75, 3.05) is 7.11 Å². The van der Waals surface area contributed by atoms with Gasteiger partial charge in [0, 0.05) is 12.0 Å². The number of aliphatic carboxylic acids is 1. The Kier molecular flexibility index (Phi) is 8.85. The van der Waals surface area contributed by atoms with Crippen molar-refractivity contribution in [3.63, 3.8) is 0 Å². The fourth-order valence-electron chi connectivity index (χ4n) is 7.31. The topological polar surface area (TPSA) is 137 Å². The van der Waals surface area contributed by atoms with E-state index in [0.717, 1.165) is 50.8 Å². The molecular formula is C35H36MgN4O5-2. The summed E-state index contributed by atoms with van der Waals surface area (Å²) in [5.74, 6) is -3.53. The Labute approximate surface area is 278 Å². The standard InChI is InChI=1S/C35H38N4O5.Mg/c1-8-19-15(3)22-12-24-17(5)21(10-11-28(40)41)32(38-24)30-31(35(43)44-7)34(42)29-18(6)25(39-33(29)30)14-27-20(9-2)16(4)23(37-27)13-26(19)36-22;/h8,13-14,17,21,24,31H,1,9-12H2,2-7H3,(H3,38,39,40,41,42);/q-2;+2/p-2/b23-13-,27-14-;/t17-,21-,24?,31+;/m0./s1. The summed E-state index contributed by atoms with van der Waals surface area (Å²) in [5, 5.41) is 16.4. The minimum Gasteiger partial charge on any atom is -0.684 e. The van der Waals surface area contributed by atoms with Gasteiger partial charge in [-0.15, -0.1) is 33.8 Å². The molecule has 5 heterocycles. The number of rotatable bonds is 6. The quantitative estimate of drug-likeness (QED) is 0.253. The second-order valence-corrected chi connectivity index (χ2v) is 12.1. The summed E-state index contributed by atoms with van der Waals surface area (Å²) in [5.41, 5.74) is 8.88. The van der Waals surface area contributed by atoms with E-state index in [9.17, 15) is 19.5 Å². The first kappa shape index (κ1) is 32.6. The van der Waals surface area contributed by atoms with Gasteiger partial charge in [-0.2, -0.15) is 11.4 Å². The second kappa shape index (κ2) is 12.2. The summed E-state index contributed by atoms with van der Waals surface area (Å²) in [4.78, 5) is 53.9. The number of fused-ring (bicyclic) bond motifs is 7. The Balaban J connectivity index is 0.00000400. The molecule has 10 heteroatoms. The van der Waals surface area contributed by atoms with Gasteiger partial charge in [-0.05, 0) is 45.1 Å². The van der Waals surface area contributed by atoms with Gasteiger partial charge in [0.1, 0.15) is 5.92 Å². The SMILES string of the molecule is C=Cc1c2[n-]c(c1C)CC1[N-]/C(=C3\c4[n-]c(c(C)c4C(=O)[C@@H]3C(=O)OC)/C=c3\[n-]/c(c(C)c3CC)=C\2)[C@@H](CCC(=O)O)[C@@H]1C.[Mg+2]. The zero-order valence-corrected chi connectivity index (χ0v) is 28.1. The molecule has 6 rings (SSSR count). The summed E-state index contributed by atoms with van der Waals surface area (Å²) >= 11 is 0. The van der Waals surface area contributed by atoms with E-state index < -0.39 is 17.9 Å². The average Bonchev–Trinajstić information content (AvgIpc) is 3.72. The molecule has 230 valence electrons. The van der Waals surface area contributed by atoms with Gasteiger partial charge >= 0.3 is 35.0 Å². The van der Waals surface area contributed by atoms with Crippen LogP contribution in [0.15, 0.2) is 12.3 Å². The Bertz CT molecular complexity index is 1910. The molecule has 0 saturated carbocycles.